The largest absolute Gasteiger partial charge is 0.361 e. The van der Waals surface area contributed by atoms with Crippen molar-refractivity contribution < 1.29 is 33.6 Å². The van der Waals surface area contributed by atoms with Gasteiger partial charge in [0, 0.05) is 57.0 Å². The summed E-state index contributed by atoms with van der Waals surface area (Å²) in [6.45, 7) is 0.524. The normalized spacial score (nSPS) is 21.5. The molecule has 0 bridgehead atoms. The summed E-state index contributed by atoms with van der Waals surface area (Å²) in [6, 6.07) is 27.2. The van der Waals surface area contributed by atoms with Gasteiger partial charge in [0.15, 0.2) is 0 Å². The highest BCUT2D eigenvalue weighted by Gasteiger charge is 2.34. The smallest absolute Gasteiger partial charge is 0.244 e. The van der Waals surface area contributed by atoms with E-state index in [-0.39, 0.29) is 51.0 Å². The number of H-pyrrole nitrogens is 1. The van der Waals surface area contributed by atoms with Crippen molar-refractivity contribution in [1.29, 1.82) is 0 Å². The standard InChI is InChI=1S/C55H66N10O7/c1-65(2)55(72)45-20-10-12-26-58-49(66)32-42(57)50(67)62-48(31-40-33-59-43-18-8-7-17-41(40)43)54(71)64-46(29-34-21-23-36-13-3-5-15-38(36)27-34)52(69)60-44(19-9-11-25-56)51(68)63-47(53(70)61-45)30-35-22-24-37-14-4-6-16-39(37)28-35/h3-8,13-18,21-24,27-28,33,42,44-48,59H,9-12,19-20,25-26,29-32,56-57H2,1-2H3,(H,58,66)(H,60,69)(H,61,70)(H,62,67)(H,63,68)(H,64,71)/t42-,44-,45-,46+,47-,48-/m0/s1. The summed E-state index contributed by atoms with van der Waals surface area (Å²) < 4.78 is 0. The molecule has 1 aliphatic heterocycles. The molecule has 72 heavy (non-hydrogen) atoms. The van der Waals surface area contributed by atoms with Crippen molar-refractivity contribution in [2.24, 2.45) is 11.5 Å². The maximum atomic E-state index is 14.9. The quantitative estimate of drug-likeness (QED) is 0.0863. The van der Waals surface area contributed by atoms with Crippen LogP contribution in [0.5, 0.6) is 0 Å². The minimum atomic E-state index is -1.34. The van der Waals surface area contributed by atoms with Crippen LogP contribution in [0.3, 0.4) is 0 Å². The van der Waals surface area contributed by atoms with E-state index >= 15 is 0 Å². The molecule has 17 heteroatoms. The molecule has 7 rings (SSSR count). The third-order valence-electron chi connectivity index (χ3n) is 13.1. The fraction of sp³-hybridized carbons (Fsp3) is 0.364. The molecule has 5 aromatic carbocycles. The summed E-state index contributed by atoms with van der Waals surface area (Å²) in [4.78, 5) is 104. The van der Waals surface area contributed by atoms with Gasteiger partial charge in [-0.25, -0.2) is 0 Å². The maximum Gasteiger partial charge on any atom is 0.244 e. The summed E-state index contributed by atoms with van der Waals surface area (Å²) in [5.41, 5.74) is 15.2. The highest BCUT2D eigenvalue weighted by molar-refractivity contribution is 5.98. The van der Waals surface area contributed by atoms with E-state index in [1.54, 1.807) is 20.3 Å². The van der Waals surface area contributed by atoms with Crippen molar-refractivity contribution in [3.8, 4) is 0 Å². The van der Waals surface area contributed by atoms with Gasteiger partial charge in [0.2, 0.25) is 41.4 Å². The van der Waals surface area contributed by atoms with Crippen molar-refractivity contribution >= 4 is 73.8 Å². The lowest BCUT2D eigenvalue weighted by Crippen LogP contribution is -2.60. The fourth-order valence-corrected chi connectivity index (χ4v) is 9.12. The van der Waals surface area contributed by atoms with Gasteiger partial charge in [-0.3, -0.25) is 33.6 Å². The summed E-state index contributed by atoms with van der Waals surface area (Å²) in [6.07, 6.45) is 3.56. The van der Waals surface area contributed by atoms with Crippen LogP contribution in [0.2, 0.25) is 0 Å². The van der Waals surface area contributed by atoms with Gasteiger partial charge in [0.25, 0.3) is 0 Å². The number of aromatic amines is 1. The fourth-order valence-electron chi connectivity index (χ4n) is 9.12. The first-order valence-electron chi connectivity index (χ1n) is 24.7. The number of para-hydroxylation sites is 1. The second kappa shape index (κ2) is 25.0. The third kappa shape index (κ3) is 14.0. The summed E-state index contributed by atoms with van der Waals surface area (Å²) in [5.74, 6) is -4.27. The number of benzene rings is 5. The topological polar surface area (TPSA) is 263 Å². The Kier molecular flexibility index (Phi) is 18.1. The van der Waals surface area contributed by atoms with Crippen molar-refractivity contribution in [2.45, 2.75) is 100 Å². The van der Waals surface area contributed by atoms with Gasteiger partial charge >= 0.3 is 0 Å². The van der Waals surface area contributed by atoms with Gasteiger partial charge in [0.1, 0.15) is 30.2 Å². The van der Waals surface area contributed by atoms with Crippen LogP contribution in [-0.2, 0) is 52.8 Å². The molecule has 0 aliphatic carbocycles. The molecule has 0 saturated carbocycles. The van der Waals surface area contributed by atoms with E-state index in [9.17, 15) is 33.6 Å². The molecule has 7 amide bonds. The molecular weight excluding hydrogens is 913 g/mol. The molecule has 2 heterocycles. The van der Waals surface area contributed by atoms with E-state index in [0.29, 0.717) is 43.4 Å². The number of rotatable bonds is 11. The number of unbranched alkanes of at least 4 members (excludes halogenated alkanes) is 1. The molecule has 6 aromatic rings. The van der Waals surface area contributed by atoms with Gasteiger partial charge in [-0.1, -0.05) is 103 Å². The molecule has 17 nitrogen and oxygen atoms in total. The van der Waals surface area contributed by atoms with E-state index in [4.69, 9.17) is 11.5 Å². The van der Waals surface area contributed by atoms with Crippen LogP contribution in [0, 0.1) is 0 Å². The average Bonchev–Trinajstić information content (AvgIpc) is 3.78. The zero-order valence-electron chi connectivity index (χ0n) is 40.9. The number of aromatic nitrogens is 1. The molecule has 11 N–H and O–H groups in total. The van der Waals surface area contributed by atoms with Gasteiger partial charge in [-0.15, -0.1) is 0 Å². The van der Waals surface area contributed by atoms with Crippen molar-refractivity contribution in [2.75, 3.05) is 27.2 Å². The maximum absolute atomic E-state index is 14.9. The molecule has 378 valence electrons. The number of fused-ring (bicyclic) bond motifs is 3. The van der Waals surface area contributed by atoms with Crippen LogP contribution in [0.15, 0.2) is 115 Å². The second-order valence-corrected chi connectivity index (χ2v) is 18.8. The summed E-state index contributed by atoms with van der Waals surface area (Å²) in [7, 11) is 3.17. The third-order valence-corrected chi connectivity index (χ3v) is 13.1. The Bertz CT molecular complexity index is 2900. The van der Waals surface area contributed by atoms with E-state index < -0.39 is 71.7 Å². The van der Waals surface area contributed by atoms with E-state index in [0.717, 1.165) is 38.0 Å². The summed E-state index contributed by atoms with van der Waals surface area (Å²) >= 11 is 0. The Labute approximate surface area is 419 Å². The lowest BCUT2D eigenvalue weighted by atomic mass is 9.98. The lowest BCUT2D eigenvalue weighted by Gasteiger charge is -2.28. The molecular formula is C55H66N10O7. The highest BCUT2D eigenvalue weighted by Crippen LogP contribution is 2.22. The SMILES string of the molecule is CN(C)C(=O)[C@@H]1CCCCNC(=O)C[C@H](N)C(=O)N[C@@H](Cc2c[nH]c3ccccc23)C(=O)N[C@H](Cc2ccc3ccccc3c2)C(=O)N[C@@H](CCCCN)C(=O)N[C@@H](Cc2ccc3ccccc3c2)C(=O)N1. The second-order valence-electron chi connectivity index (χ2n) is 18.8. The number of carbonyl (C=O) groups is 7. The Morgan fingerprint density at radius 2 is 1.12 bits per heavy atom. The number of nitrogens with two attached hydrogens (primary N) is 2. The first-order valence-corrected chi connectivity index (χ1v) is 24.7. The number of nitrogens with one attached hydrogen (secondary N) is 7. The van der Waals surface area contributed by atoms with Crippen LogP contribution < -0.4 is 43.4 Å². The molecule has 1 aromatic heterocycles. The van der Waals surface area contributed by atoms with Crippen LogP contribution >= 0.6 is 0 Å². The van der Waals surface area contributed by atoms with E-state index in [1.165, 1.54) is 4.90 Å². The van der Waals surface area contributed by atoms with Gasteiger partial charge in [-0.05, 0) is 89.4 Å². The van der Waals surface area contributed by atoms with Crippen LogP contribution in [0.4, 0.5) is 0 Å². The Hall–Kier alpha value is -7.63. The minimum Gasteiger partial charge on any atom is -0.361 e. The molecule has 0 spiro atoms. The van der Waals surface area contributed by atoms with E-state index in [1.807, 2.05) is 109 Å². The van der Waals surface area contributed by atoms with Crippen LogP contribution in [0.25, 0.3) is 32.4 Å². The molecule has 0 unspecified atom stereocenters. The van der Waals surface area contributed by atoms with Gasteiger partial charge in [0.05, 0.1) is 12.5 Å². The molecule has 6 atom stereocenters. The van der Waals surface area contributed by atoms with Crippen molar-refractivity contribution in [3.63, 3.8) is 0 Å². The number of amides is 7. The molecule has 1 fully saturated rings. The number of nitrogens with zero attached hydrogens (tertiary/aromatic N) is 1. The predicted octanol–water partition coefficient (Wildman–Crippen LogP) is 3.16. The molecule has 1 aliphatic rings. The Balaban J connectivity index is 1.25. The monoisotopic (exact) mass is 979 g/mol. The molecule has 1 saturated heterocycles. The Morgan fingerprint density at radius 1 is 0.597 bits per heavy atom. The van der Waals surface area contributed by atoms with Gasteiger partial charge in [-0.2, -0.15) is 0 Å². The van der Waals surface area contributed by atoms with Crippen LogP contribution in [0.1, 0.15) is 61.6 Å². The number of hydrogen-bond acceptors (Lipinski definition) is 9. The minimum absolute atomic E-state index is 0.00703. The summed E-state index contributed by atoms with van der Waals surface area (Å²) in [5, 5.41) is 21.8. The first kappa shape index (κ1) is 52.2. The predicted molar refractivity (Wildman–Crippen MR) is 278 cm³/mol. The zero-order valence-corrected chi connectivity index (χ0v) is 40.9. The molecule has 0 radical (unpaired) electrons. The van der Waals surface area contributed by atoms with Crippen molar-refractivity contribution in [3.05, 3.63) is 132 Å². The number of hydrogen-bond donors (Lipinski definition) is 9. The van der Waals surface area contributed by atoms with Crippen molar-refractivity contribution in [1.82, 2.24) is 41.8 Å². The van der Waals surface area contributed by atoms with Crippen LogP contribution in [-0.4, -0.2) is 115 Å². The average molecular weight is 979 g/mol. The zero-order chi connectivity index (χ0) is 51.1. The van der Waals surface area contributed by atoms with E-state index in [2.05, 4.69) is 36.9 Å². The number of likely N-dealkylation sites (N-methyl/N-ethyl adjacent to an activating group) is 1. The Morgan fingerprint density at radius 3 is 1.74 bits per heavy atom. The van der Waals surface area contributed by atoms with Gasteiger partial charge < -0.3 is 53.3 Å². The first-order chi connectivity index (χ1) is 34.8. The number of carbonyl (C=O) groups excluding carboxylic acids is 7. The highest BCUT2D eigenvalue weighted by atomic mass is 16.2. The lowest BCUT2D eigenvalue weighted by molar-refractivity contribution is -0.136.